The van der Waals surface area contributed by atoms with Crippen LogP contribution in [0.5, 0.6) is 0 Å². The largest absolute Gasteiger partial charge is 0.451 e. The first kappa shape index (κ1) is 45.2. The molecule has 0 saturated heterocycles. The van der Waals surface area contributed by atoms with E-state index in [1.54, 1.807) is 51.1 Å². The highest BCUT2D eigenvalue weighted by atomic mass is 35.5. The number of hydrogen-bond acceptors (Lipinski definition) is 12. The molecule has 3 aromatic rings. The number of sulfonamides is 1. The van der Waals surface area contributed by atoms with E-state index in [0.29, 0.717) is 41.7 Å². The maximum absolute atomic E-state index is 14.4. The minimum Gasteiger partial charge on any atom is -0.451 e. The smallest absolute Gasteiger partial charge is 0.326 e. The van der Waals surface area contributed by atoms with Gasteiger partial charge in [0.2, 0.25) is 11.8 Å². The molecule has 1 aromatic heterocycles. The van der Waals surface area contributed by atoms with Crippen molar-refractivity contribution >= 4 is 62.8 Å². The lowest BCUT2D eigenvalue weighted by Gasteiger charge is -2.31. The predicted octanol–water partition coefficient (Wildman–Crippen LogP) is 4.62. The third-order valence-electron chi connectivity index (χ3n) is 10.0. The summed E-state index contributed by atoms with van der Waals surface area (Å²) >= 11 is 5.99. The van der Waals surface area contributed by atoms with Crippen LogP contribution in [0.25, 0.3) is 11.3 Å². The Morgan fingerprint density at radius 3 is 2.26 bits per heavy atom. The summed E-state index contributed by atoms with van der Waals surface area (Å²) in [5.74, 6) is -8.30. The fraction of sp³-hybridized carbons (Fsp3) is 0.436. The van der Waals surface area contributed by atoms with Gasteiger partial charge in [-0.2, -0.15) is 0 Å². The first-order valence-corrected chi connectivity index (χ1v) is 20.8. The highest BCUT2D eigenvalue weighted by molar-refractivity contribution is 7.90. The summed E-state index contributed by atoms with van der Waals surface area (Å²) in [6.45, 7) is 5.12. The molecule has 1 heterocycles. The summed E-state index contributed by atoms with van der Waals surface area (Å²) < 4.78 is 33.4. The molecule has 4 rings (SSSR count). The van der Waals surface area contributed by atoms with Gasteiger partial charge in [0.25, 0.3) is 27.5 Å². The Labute approximate surface area is 340 Å². The van der Waals surface area contributed by atoms with Gasteiger partial charge in [0.05, 0.1) is 9.82 Å². The lowest BCUT2D eigenvalue weighted by molar-refractivity contribution is -0.385. The number of nitro benzene ring substituents is 1. The second-order valence-electron chi connectivity index (χ2n) is 14.2. The monoisotopic (exact) mass is 842 g/mol. The SMILES string of the molecule is CCC(N)CC(=O)N(C(=O)C(=O)NS(=O)(=O)c1cccc([N+](=O)[O-])c1)C(=O)[C@H](CC1CCCCC1)NC(=O)[C@@H](NC(=O)c1ccc(-c2ccc(Cl)cc2)o1)[C@@H](C)CC. The molecular weight excluding hydrogens is 796 g/mol. The van der Waals surface area contributed by atoms with Gasteiger partial charge in [-0.15, -0.1) is 0 Å². The number of carbonyl (C=O) groups excluding carboxylic acids is 6. The van der Waals surface area contributed by atoms with Crippen LogP contribution in [0.4, 0.5) is 5.69 Å². The number of nitrogens with two attached hydrogens (primary N) is 1. The van der Waals surface area contributed by atoms with E-state index in [2.05, 4.69) is 10.6 Å². The average molecular weight is 843 g/mol. The maximum atomic E-state index is 14.4. The number of benzene rings is 2. The van der Waals surface area contributed by atoms with Crippen LogP contribution in [-0.4, -0.2) is 71.8 Å². The minimum atomic E-state index is -4.93. The van der Waals surface area contributed by atoms with Crippen molar-refractivity contribution in [1.29, 1.82) is 0 Å². The summed E-state index contributed by atoms with van der Waals surface area (Å²) in [4.78, 5) is 92.4. The Balaban J connectivity index is 1.64. The highest BCUT2D eigenvalue weighted by Crippen LogP contribution is 2.29. The zero-order chi connectivity index (χ0) is 42.7. The van der Waals surface area contributed by atoms with E-state index in [1.165, 1.54) is 10.8 Å². The van der Waals surface area contributed by atoms with Crippen LogP contribution in [0.2, 0.25) is 5.02 Å². The number of amides is 6. The Morgan fingerprint density at radius 1 is 0.966 bits per heavy atom. The van der Waals surface area contributed by atoms with Gasteiger partial charge in [0, 0.05) is 35.2 Å². The number of furan rings is 1. The van der Waals surface area contributed by atoms with Crippen molar-refractivity contribution in [1.82, 2.24) is 20.3 Å². The molecule has 0 aliphatic heterocycles. The van der Waals surface area contributed by atoms with Crippen molar-refractivity contribution in [2.45, 2.75) is 102 Å². The number of hydrogen-bond donors (Lipinski definition) is 4. The summed E-state index contributed by atoms with van der Waals surface area (Å²) in [5, 5.41) is 17.0. The minimum absolute atomic E-state index is 0.0143. The number of carbonyl (C=O) groups is 6. The number of nitrogens with one attached hydrogen (secondary N) is 3. The first-order chi connectivity index (χ1) is 27.4. The summed E-state index contributed by atoms with van der Waals surface area (Å²) in [6.07, 6.45) is 3.85. The van der Waals surface area contributed by atoms with Crippen LogP contribution in [0.15, 0.2) is 70.0 Å². The van der Waals surface area contributed by atoms with Crippen molar-refractivity contribution in [3.05, 3.63) is 81.6 Å². The number of rotatable bonds is 16. The van der Waals surface area contributed by atoms with Gasteiger partial charge in [-0.25, -0.2) is 18.0 Å². The topological polar surface area (TPSA) is 258 Å². The van der Waals surface area contributed by atoms with Gasteiger partial charge >= 0.3 is 11.8 Å². The standard InChI is InChI=1S/C39H47ClN6O11S/c1-4-23(3)34(43-35(48)32-19-18-31(57-32)25-14-16-26(40)17-15-25)36(49)42-30(20-24-10-7-6-8-11-24)38(51)45(33(47)21-27(41)5-2)39(52)37(50)44-58(55,56)29-13-9-12-28(22-29)46(53)54/h9,12-19,22-24,27,30,34H,4-8,10-11,20-21,41H2,1-3H3,(H,42,49)(H,43,48)(H,44,50)/t23-,27?,30-,34-/m0/s1. The molecule has 312 valence electrons. The quantitative estimate of drug-likeness (QED) is 0.0875. The molecule has 2 aromatic carbocycles. The van der Waals surface area contributed by atoms with E-state index in [1.807, 2.05) is 0 Å². The molecule has 1 aliphatic rings. The lowest BCUT2D eigenvalue weighted by Crippen LogP contribution is -2.60. The average Bonchev–Trinajstić information content (AvgIpc) is 3.70. The van der Waals surface area contributed by atoms with E-state index in [-0.39, 0.29) is 29.4 Å². The highest BCUT2D eigenvalue weighted by Gasteiger charge is 2.41. The van der Waals surface area contributed by atoms with Crippen molar-refractivity contribution in [3.8, 4) is 11.3 Å². The first-order valence-electron chi connectivity index (χ1n) is 18.9. The predicted molar refractivity (Wildman–Crippen MR) is 211 cm³/mol. The molecule has 0 radical (unpaired) electrons. The Hall–Kier alpha value is -5.46. The lowest BCUT2D eigenvalue weighted by atomic mass is 9.84. The number of non-ortho nitro benzene ring substituents is 1. The van der Waals surface area contributed by atoms with E-state index in [9.17, 15) is 47.3 Å². The fourth-order valence-corrected chi connectivity index (χ4v) is 7.53. The van der Waals surface area contributed by atoms with Crippen LogP contribution in [0.3, 0.4) is 0 Å². The molecule has 58 heavy (non-hydrogen) atoms. The van der Waals surface area contributed by atoms with Crippen LogP contribution in [-0.2, 0) is 34.0 Å². The Morgan fingerprint density at radius 2 is 1.64 bits per heavy atom. The zero-order valence-corrected chi connectivity index (χ0v) is 33.8. The van der Waals surface area contributed by atoms with Gasteiger partial charge in [-0.3, -0.25) is 38.9 Å². The summed E-state index contributed by atoms with van der Waals surface area (Å²) in [7, 11) is -4.93. The molecule has 19 heteroatoms. The third-order valence-corrected chi connectivity index (χ3v) is 11.6. The van der Waals surface area contributed by atoms with Gasteiger partial charge in [-0.1, -0.05) is 77.0 Å². The maximum Gasteiger partial charge on any atom is 0.326 e. The second kappa shape index (κ2) is 20.3. The Bertz CT molecular complexity index is 2120. The van der Waals surface area contributed by atoms with Crippen LogP contribution < -0.4 is 21.1 Å². The fourth-order valence-electron chi connectivity index (χ4n) is 6.43. The molecular formula is C39H47ClN6O11S. The summed E-state index contributed by atoms with van der Waals surface area (Å²) in [5.41, 5.74) is 6.01. The molecule has 1 fully saturated rings. The summed E-state index contributed by atoms with van der Waals surface area (Å²) in [6, 6.07) is 9.67. The molecule has 0 spiro atoms. The van der Waals surface area contributed by atoms with Crippen molar-refractivity contribution in [2.24, 2.45) is 17.6 Å². The zero-order valence-electron chi connectivity index (χ0n) is 32.3. The van der Waals surface area contributed by atoms with Gasteiger partial charge in [-0.05, 0) is 67.1 Å². The van der Waals surface area contributed by atoms with E-state index >= 15 is 0 Å². The van der Waals surface area contributed by atoms with Crippen LogP contribution in [0.1, 0.15) is 89.1 Å². The number of nitrogens with zero attached hydrogens (tertiary/aromatic N) is 2. The van der Waals surface area contributed by atoms with Gasteiger partial charge in [0.15, 0.2) is 5.76 Å². The van der Waals surface area contributed by atoms with Crippen molar-refractivity contribution < 1.29 is 46.5 Å². The number of halogens is 1. The molecule has 6 amide bonds. The van der Waals surface area contributed by atoms with Crippen molar-refractivity contribution in [3.63, 3.8) is 0 Å². The molecule has 4 atom stereocenters. The van der Waals surface area contributed by atoms with Gasteiger partial charge < -0.3 is 20.8 Å². The molecule has 1 saturated carbocycles. The molecule has 1 aliphatic carbocycles. The third kappa shape index (κ3) is 11.8. The molecule has 5 N–H and O–H groups in total. The van der Waals surface area contributed by atoms with E-state index < -0.39 is 91.4 Å². The van der Waals surface area contributed by atoms with Crippen LogP contribution >= 0.6 is 11.6 Å². The molecule has 17 nitrogen and oxygen atoms in total. The molecule has 0 bridgehead atoms. The Kier molecular flexibility index (Phi) is 15.8. The van der Waals surface area contributed by atoms with Gasteiger partial charge in [0.1, 0.15) is 17.8 Å². The normalized spacial score (nSPS) is 15.3. The van der Waals surface area contributed by atoms with Crippen molar-refractivity contribution in [2.75, 3.05) is 0 Å². The van der Waals surface area contributed by atoms with Crippen LogP contribution in [0, 0.1) is 22.0 Å². The number of imide groups is 3. The number of nitro groups is 1. The van der Waals surface area contributed by atoms with E-state index in [4.69, 9.17) is 21.8 Å². The second-order valence-corrected chi connectivity index (χ2v) is 16.4. The van der Waals surface area contributed by atoms with E-state index in [0.717, 1.165) is 37.5 Å². The molecule has 1 unspecified atom stereocenters.